The fraction of sp³-hybridized carbons (Fsp3) is 0.238. The first-order valence-corrected chi connectivity index (χ1v) is 9.46. The van der Waals surface area contributed by atoms with E-state index in [0.717, 1.165) is 28.7 Å². The van der Waals surface area contributed by atoms with Crippen molar-refractivity contribution in [2.24, 2.45) is 0 Å². The van der Waals surface area contributed by atoms with Crippen molar-refractivity contribution in [1.82, 2.24) is 9.88 Å². The predicted molar refractivity (Wildman–Crippen MR) is 106 cm³/mol. The number of thiazole rings is 1. The third-order valence-electron chi connectivity index (χ3n) is 4.24. The second kappa shape index (κ2) is 8.58. The predicted octanol–water partition coefficient (Wildman–Crippen LogP) is 4.72. The summed E-state index contributed by atoms with van der Waals surface area (Å²) in [6, 6.07) is 11.0. The third kappa shape index (κ3) is 4.61. The third-order valence-corrected chi connectivity index (χ3v) is 5.47. The molecule has 1 aromatic heterocycles. The number of halogens is 2. The first-order chi connectivity index (χ1) is 13.4. The molecule has 0 aliphatic carbocycles. The Morgan fingerprint density at radius 2 is 1.89 bits per heavy atom. The molecule has 2 aromatic carbocycles. The van der Waals surface area contributed by atoms with E-state index in [1.165, 1.54) is 12.1 Å². The van der Waals surface area contributed by atoms with Gasteiger partial charge in [-0.25, -0.2) is 13.8 Å². The molecule has 3 rings (SSSR count). The van der Waals surface area contributed by atoms with Gasteiger partial charge in [0.2, 0.25) is 0 Å². The Kier molecular flexibility index (Phi) is 6.16. The molecule has 7 heteroatoms. The molecule has 146 valence electrons. The zero-order valence-electron chi connectivity index (χ0n) is 15.8. The molecule has 0 spiro atoms. The highest BCUT2D eigenvalue weighted by atomic mass is 32.1. The average molecular weight is 402 g/mol. The topological polar surface area (TPSA) is 42.4 Å². The molecular weight excluding hydrogens is 382 g/mol. The van der Waals surface area contributed by atoms with Crippen LogP contribution in [-0.2, 0) is 6.54 Å². The molecule has 1 heterocycles. The van der Waals surface area contributed by atoms with Gasteiger partial charge in [-0.3, -0.25) is 9.69 Å². The van der Waals surface area contributed by atoms with E-state index < -0.39 is 11.6 Å². The number of aryl methyl sites for hydroxylation is 1. The van der Waals surface area contributed by atoms with Crippen molar-refractivity contribution in [2.45, 2.75) is 13.5 Å². The van der Waals surface area contributed by atoms with Crippen LogP contribution in [-0.4, -0.2) is 36.4 Å². The van der Waals surface area contributed by atoms with Gasteiger partial charge in [-0.15, -0.1) is 11.3 Å². The lowest BCUT2D eigenvalue weighted by Gasteiger charge is -2.15. The van der Waals surface area contributed by atoms with Crippen LogP contribution in [0.5, 0.6) is 5.75 Å². The van der Waals surface area contributed by atoms with Crippen molar-refractivity contribution >= 4 is 17.1 Å². The van der Waals surface area contributed by atoms with Gasteiger partial charge in [0.25, 0.3) is 0 Å². The fourth-order valence-electron chi connectivity index (χ4n) is 2.85. The molecule has 0 aliphatic rings. The van der Waals surface area contributed by atoms with E-state index in [4.69, 9.17) is 4.74 Å². The van der Waals surface area contributed by atoms with Crippen LogP contribution in [0.4, 0.5) is 8.78 Å². The van der Waals surface area contributed by atoms with Crippen molar-refractivity contribution in [3.63, 3.8) is 0 Å². The number of ether oxygens (including phenoxy) is 1. The number of carbonyl (C=O) groups excluding carboxylic acids is 1. The van der Waals surface area contributed by atoms with Crippen molar-refractivity contribution in [1.29, 1.82) is 0 Å². The minimum atomic E-state index is -0.690. The molecule has 0 saturated heterocycles. The molecule has 3 aromatic rings. The summed E-state index contributed by atoms with van der Waals surface area (Å²) in [4.78, 5) is 19.4. The van der Waals surface area contributed by atoms with Crippen molar-refractivity contribution < 1.29 is 18.3 Å². The van der Waals surface area contributed by atoms with E-state index in [-0.39, 0.29) is 17.9 Å². The number of hydrogen-bond donors (Lipinski definition) is 0. The first kappa shape index (κ1) is 20.1. The maximum Gasteiger partial charge on any atom is 0.188 e. The number of hydrogen-bond acceptors (Lipinski definition) is 5. The normalized spacial score (nSPS) is 11.1. The number of ketones is 1. The molecule has 28 heavy (non-hydrogen) atoms. The highest BCUT2D eigenvalue weighted by molar-refractivity contribution is 7.17. The summed E-state index contributed by atoms with van der Waals surface area (Å²) >= 11 is 1.13. The van der Waals surface area contributed by atoms with E-state index in [2.05, 4.69) is 4.98 Å². The lowest BCUT2D eigenvalue weighted by molar-refractivity contribution is 0.0946. The minimum Gasteiger partial charge on any atom is -0.497 e. The Bertz CT molecular complexity index is 987. The molecule has 0 saturated carbocycles. The molecule has 0 unspecified atom stereocenters. The SMILES string of the molecule is COc1ccc(CN(C)CC(=O)c2sc(-c3ccc(F)cc3F)nc2C)cc1. The summed E-state index contributed by atoms with van der Waals surface area (Å²) in [5, 5.41) is 0.371. The quantitative estimate of drug-likeness (QED) is 0.537. The Balaban J connectivity index is 1.70. The molecular formula is C21H20F2N2O2S. The molecule has 0 atom stereocenters. The van der Waals surface area contributed by atoms with Crippen LogP contribution in [0.3, 0.4) is 0 Å². The molecule has 0 amide bonds. The second-order valence-corrected chi connectivity index (χ2v) is 7.50. The zero-order valence-corrected chi connectivity index (χ0v) is 16.6. The largest absolute Gasteiger partial charge is 0.497 e. The summed E-state index contributed by atoms with van der Waals surface area (Å²) in [6.45, 7) is 2.53. The van der Waals surface area contributed by atoms with Crippen molar-refractivity contribution in [3.8, 4) is 16.3 Å². The Hall–Kier alpha value is -2.64. The van der Waals surface area contributed by atoms with E-state index in [9.17, 15) is 13.6 Å². The van der Waals surface area contributed by atoms with Crippen LogP contribution in [0, 0.1) is 18.6 Å². The maximum atomic E-state index is 14.0. The number of carbonyl (C=O) groups is 1. The van der Waals surface area contributed by atoms with Crippen LogP contribution < -0.4 is 4.74 Å². The molecule has 0 aliphatic heterocycles. The Morgan fingerprint density at radius 1 is 1.18 bits per heavy atom. The van der Waals surface area contributed by atoms with Gasteiger partial charge in [0, 0.05) is 18.2 Å². The number of rotatable bonds is 7. The first-order valence-electron chi connectivity index (χ1n) is 8.65. The highest BCUT2D eigenvalue weighted by Crippen LogP contribution is 2.30. The summed E-state index contributed by atoms with van der Waals surface area (Å²) in [5.41, 5.74) is 1.80. The van der Waals surface area contributed by atoms with E-state index >= 15 is 0 Å². The van der Waals surface area contributed by atoms with E-state index in [1.807, 2.05) is 36.2 Å². The number of methoxy groups -OCH3 is 1. The van der Waals surface area contributed by atoms with Gasteiger partial charge >= 0.3 is 0 Å². The van der Waals surface area contributed by atoms with E-state index in [1.54, 1.807) is 14.0 Å². The van der Waals surface area contributed by atoms with Gasteiger partial charge in [0.05, 0.1) is 24.2 Å². The number of nitrogens with zero attached hydrogens (tertiary/aromatic N) is 2. The number of benzene rings is 2. The van der Waals surface area contributed by atoms with Crippen LogP contribution in [0.1, 0.15) is 20.9 Å². The molecule has 0 radical (unpaired) electrons. The lowest BCUT2D eigenvalue weighted by atomic mass is 10.2. The summed E-state index contributed by atoms with van der Waals surface area (Å²) < 4.78 is 32.3. The second-order valence-electron chi connectivity index (χ2n) is 6.50. The van der Waals surface area contributed by atoms with Gasteiger partial charge in [-0.2, -0.15) is 0 Å². The van der Waals surface area contributed by atoms with Crippen LogP contribution >= 0.6 is 11.3 Å². The van der Waals surface area contributed by atoms with Gasteiger partial charge in [-0.1, -0.05) is 12.1 Å². The maximum absolute atomic E-state index is 14.0. The van der Waals surface area contributed by atoms with Gasteiger partial charge < -0.3 is 4.74 Å². The van der Waals surface area contributed by atoms with E-state index in [0.29, 0.717) is 22.1 Å². The number of Topliss-reactive ketones (excluding diaryl/α,β-unsaturated/α-hetero) is 1. The number of aromatic nitrogens is 1. The van der Waals surface area contributed by atoms with Crippen LogP contribution in [0.2, 0.25) is 0 Å². The average Bonchev–Trinajstić information content (AvgIpc) is 3.03. The Labute approximate surface area is 166 Å². The van der Waals surface area contributed by atoms with Crippen molar-refractivity contribution in [3.05, 3.63) is 70.2 Å². The molecule has 0 fully saturated rings. The Morgan fingerprint density at radius 3 is 2.54 bits per heavy atom. The zero-order chi connectivity index (χ0) is 20.3. The smallest absolute Gasteiger partial charge is 0.188 e. The van der Waals surface area contributed by atoms with Gasteiger partial charge in [-0.05, 0) is 43.8 Å². The summed E-state index contributed by atoms with van der Waals surface area (Å²) in [5.74, 6) is -0.640. The highest BCUT2D eigenvalue weighted by Gasteiger charge is 2.19. The molecule has 0 N–H and O–H groups in total. The van der Waals surface area contributed by atoms with Crippen LogP contribution in [0.25, 0.3) is 10.6 Å². The van der Waals surface area contributed by atoms with Gasteiger partial charge in [0.15, 0.2) is 5.78 Å². The summed E-state index contributed by atoms with van der Waals surface area (Å²) in [6.07, 6.45) is 0. The standard InChI is InChI=1S/C21H20F2N2O2S/c1-13-20(28-21(24-13)17-9-6-15(22)10-18(17)23)19(26)12-25(2)11-14-4-7-16(27-3)8-5-14/h4-10H,11-12H2,1-3H3. The molecule has 0 bridgehead atoms. The summed E-state index contributed by atoms with van der Waals surface area (Å²) in [7, 11) is 3.47. The van der Waals surface area contributed by atoms with Crippen LogP contribution in [0.15, 0.2) is 42.5 Å². The minimum absolute atomic E-state index is 0.0835. The fourth-order valence-corrected chi connectivity index (χ4v) is 3.87. The van der Waals surface area contributed by atoms with Crippen molar-refractivity contribution in [2.75, 3.05) is 20.7 Å². The van der Waals surface area contributed by atoms with Gasteiger partial charge in [0.1, 0.15) is 22.4 Å². The molecule has 4 nitrogen and oxygen atoms in total. The monoisotopic (exact) mass is 402 g/mol. The number of likely N-dealkylation sites (N-methyl/N-ethyl adjacent to an activating group) is 1. The lowest BCUT2D eigenvalue weighted by Crippen LogP contribution is -2.25.